The summed E-state index contributed by atoms with van der Waals surface area (Å²) in [7, 11) is -3.40. The molecule has 0 aromatic carbocycles. The van der Waals surface area contributed by atoms with E-state index in [2.05, 4.69) is 28.3 Å². The third kappa shape index (κ3) is 5.56. The molecule has 1 saturated heterocycles. The van der Waals surface area contributed by atoms with Crippen LogP contribution in [0.25, 0.3) is 0 Å². The molecule has 0 radical (unpaired) electrons. The molecule has 29 heavy (non-hydrogen) atoms. The molecule has 10 heteroatoms. The predicted octanol–water partition coefficient (Wildman–Crippen LogP) is 1.51. The van der Waals surface area contributed by atoms with Crippen LogP contribution >= 0.6 is 0 Å². The minimum absolute atomic E-state index is 0.0312. The second-order valence-corrected chi connectivity index (χ2v) is 10.3. The van der Waals surface area contributed by atoms with E-state index in [4.69, 9.17) is 9.84 Å². The average molecular weight is 424 g/mol. The van der Waals surface area contributed by atoms with Gasteiger partial charge in [-0.15, -0.1) is 0 Å². The number of nitrogens with one attached hydrogen (secondary N) is 1. The molecule has 2 aliphatic rings. The molecule has 1 aliphatic carbocycles. The van der Waals surface area contributed by atoms with E-state index in [1.807, 2.05) is 0 Å². The van der Waals surface area contributed by atoms with Crippen LogP contribution in [0.4, 0.5) is 5.95 Å². The summed E-state index contributed by atoms with van der Waals surface area (Å²) in [6.45, 7) is 3.13. The standard InChI is InChI=1S/C19H29N5O4S/c1-19(6-2-3-7-19)14-28-17-15(12-20)13-21-18(23-17)22-16-4-8-24(9-5-16)29(26,27)11-10-25/h13,16,25H,2-11,14H2,1H3,(H,21,22,23). The van der Waals surface area contributed by atoms with E-state index in [0.29, 0.717) is 49.9 Å². The summed E-state index contributed by atoms with van der Waals surface area (Å²) in [5.41, 5.74) is 0.431. The summed E-state index contributed by atoms with van der Waals surface area (Å²) in [6.07, 6.45) is 7.32. The van der Waals surface area contributed by atoms with Gasteiger partial charge in [0, 0.05) is 24.5 Å². The molecule has 2 N–H and O–H groups in total. The second-order valence-electron chi connectivity index (χ2n) is 8.19. The Labute approximate surface area is 172 Å². The number of ether oxygens (including phenoxy) is 1. The van der Waals surface area contributed by atoms with E-state index in [9.17, 15) is 13.7 Å². The maximum Gasteiger partial charge on any atom is 0.236 e. The number of sulfonamides is 1. The van der Waals surface area contributed by atoms with Gasteiger partial charge < -0.3 is 15.2 Å². The molecule has 3 rings (SSSR count). The monoisotopic (exact) mass is 423 g/mol. The lowest BCUT2D eigenvalue weighted by molar-refractivity contribution is 0.162. The minimum atomic E-state index is -3.40. The van der Waals surface area contributed by atoms with Crippen LogP contribution in [0.5, 0.6) is 5.88 Å². The Kier molecular flexibility index (Phi) is 6.93. The van der Waals surface area contributed by atoms with Gasteiger partial charge in [0.05, 0.1) is 25.2 Å². The summed E-state index contributed by atoms with van der Waals surface area (Å²) in [4.78, 5) is 8.60. The van der Waals surface area contributed by atoms with Crippen LogP contribution in [0.15, 0.2) is 6.20 Å². The fourth-order valence-corrected chi connectivity index (χ4v) is 5.20. The molecule has 1 aromatic rings. The van der Waals surface area contributed by atoms with E-state index < -0.39 is 10.0 Å². The van der Waals surface area contributed by atoms with Crippen molar-refractivity contribution in [3.05, 3.63) is 11.8 Å². The first-order chi connectivity index (χ1) is 13.8. The van der Waals surface area contributed by atoms with E-state index in [0.717, 1.165) is 12.8 Å². The van der Waals surface area contributed by atoms with Crippen molar-refractivity contribution in [1.29, 1.82) is 5.26 Å². The van der Waals surface area contributed by atoms with Crippen molar-refractivity contribution in [2.45, 2.75) is 51.5 Å². The second kappa shape index (κ2) is 9.24. The molecule has 9 nitrogen and oxygen atoms in total. The van der Waals surface area contributed by atoms with Crippen LogP contribution < -0.4 is 10.1 Å². The Morgan fingerprint density at radius 3 is 2.69 bits per heavy atom. The highest BCUT2D eigenvalue weighted by Crippen LogP contribution is 2.38. The lowest BCUT2D eigenvalue weighted by atomic mass is 9.90. The SMILES string of the molecule is CC1(COc2nc(NC3CCN(S(=O)(=O)CCO)CC3)ncc2C#N)CCCC1. The Morgan fingerprint density at radius 1 is 1.38 bits per heavy atom. The largest absolute Gasteiger partial charge is 0.476 e. The van der Waals surface area contributed by atoms with Gasteiger partial charge in [-0.2, -0.15) is 10.2 Å². The zero-order valence-electron chi connectivity index (χ0n) is 16.8. The molecule has 1 aliphatic heterocycles. The Morgan fingerprint density at radius 2 is 2.07 bits per heavy atom. The molecule has 0 atom stereocenters. The lowest BCUT2D eigenvalue weighted by Crippen LogP contribution is -2.43. The molecule has 160 valence electrons. The van der Waals surface area contributed by atoms with Crippen LogP contribution in [-0.2, 0) is 10.0 Å². The number of rotatable bonds is 8. The van der Waals surface area contributed by atoms with E-state index in [1.54, 1.807) is 0 Å². The van der Waals surface area contributed by atoms with Crippen molar-refractivity contribution in [3.63, 3.8) is 0 Å². The number of aliphatic hydroxyl groups excluding tert-OH is 1. The third-order valence-corrected chi connectivity index (χ3v) is 7.62. The van der Waals surface area contributed by atoms with Crippen molar-refractivity contribution in [2.24, 2.45) is 5.41 Å². The fourth-order valence-electron chi connectivity index (χ4n) is 3.94. The number of anilines is 1. The number of hydrogen-bond donors (Lipinski definition) is 2. The van der Waals surface area contributed by atoms with Crippen molar-refractivity contribution in [2.75, 3.05) is 37.4 Å². The Hall–Kier alpha value is -1.96. The van der Waals surface area contributed by atoms with Crippen LogP contribution in [0.2, 0.25) is 0 Å². The molecule has 2 fully saturated rings. The van der Waals surface area contributed by atoms with Crippen LogP contribution in [0, 0.1) is 16.7 Å². The summed E-state index contributed by atoms with van der Waals surface area (Å²) in [5, 5.41) is 21.5. The van der Waals surface area contributed by atoms with Gasteiger partial charge in [0.25, 0.3) is 0 Å². The van der Waals surface area contributed by atoms with Gasteiger partial charge in [0.2, 0.25) is 21.9 Å². The normalized spacial score (nSPS) is 20.3. The van der Waals surface area contributed by atoms with E-state index in [1.165, 1.54) is 23.3 Å². The third-order valence-electron chi connectivity index (χ3n) is 5.77. The van der Waals surface area contributed by atoms with E-state index >= 15 is 0 Å². The van der Waals surface area contributed by atoms with Gasteiger partial charge >= 0.3 is 0 Å². The first-order valence-electron chi connectivity index (χ1n) is 10.1. The van der Waals surface area contributed by atoms with Crippen LogP contribution in [0.3, 0.4) is 0 Å². The van der Waals surface area contributed by atoms with Gasteiger partial charge in [-0.1, -0.05) is 19.8 Å². The van der Waals surface area contributed by atoms with Crippen molar-refractivity contribution in [1.82, 2.24) is 14.3 Å². The minimum Gasteiger partial charge on any atom is -0.476 e. The quantitative estimate of drug-likeness (QED) is 0.644. The number of hydrogen-bond acceptors (Lipinski definition) is 8. The maximum atomic E-state index is 12.0. The van der Waals surface area contributed by atoms with Crippen LogP contribution in [0.1, 0.15) is 51.0 Å². The molecule has 1 saturated carbocycles. The smallest absolute Gasteiger partial charge is 0.236 e. The number of nitriles is 1. The lowest BCUT2D eigenvalue weighted by Gasteiger charge is -2.31. The van der Waals surface area contributed by atoms with Gasteiger partial charge in [-0.25, -0.2) is 17.7 Å². The van der Waals surface area contributed by atoms with E-state index in [-0.39, 0.29) is 23.8 Å². The highest BCUT2D eigenvalue weighted by molar-refractivity contribution is 7.89. The fraction of sp³-hybridized carbons (Fsp3) is 0.737. The van der Waals surface area contributed by atoms with Gasteiger partial charge in [-0.05, 0) is 25.7 Å². The molecule has 0 spiro atoms. The Bertz CT molecular complexity index is 841. The molecule has 0 unspecified atom stereocenters. The topological polar surface area (TPSA) is 128 Å². The Balaban J connectivity index is 1.59. The summed E-state index contributed by atoms with van der Waals surface area (Å²) >= 11 is 0. The summed E-state index contributed by atoms with van der Waals surface area (Å²) < 4.78 is 31.4. The van der Waals surface area contributed by atoms with Crippen molar-refractivity contribution >= 4 is 16.0 Å². The van der Waals surface area contributed by atoms with Crippen molar-refractivity contribution in [3.8, 4) is 11.9 Å². The molecule has 0 amide bonds. The molecule has 0 bridgehead atoms. The first kappa shape index (κ1) is 21.7. The highest BCUT2D eigenvalue weighted by Gasteiger charge is 2.30. The molecular formula is C19H29N5O4S. The number of piperidine rings is 1. The summed E-state index contributed by atoms with van der Waals surface area (Å²) in [5.74, 6) is 0.428. The molecule has 1 aromatic heterocycles. The van der Waals surface area contributed by atoms with Gasteiger partial charge in [-0.3, -0.25) is 0 Å². The zero-order chi connectivity index (χ0) is 20.9. The average Bonchev–Trinajstić information content (AvgIpc) is 3.14. The van der Waals surface area contributed by atoms with Gasteiger partial charge in [0.15, 0.2) is 0 Å². The van der Waals surface area contributed by atoms with Crippen molar-refractivity contribution < 1.29 is 18.3 Å². The first-order valence-corrected chi connectivity index (χ1v) is 11.7. The van der Waals surface area contributed by atoms with Crippen LogP contribution in [-0.4, -0.2) is 65.9 Å². The van der Waals surface area contributed by atoms with Gasteiger partial charge in [0.1, 0.15) is 11.6 Å². The maximum absolute atomic E-state index is 12.0. The number of aromatic nitrogens is 2. The zero-order valence-corrected chi connectivity index (χ0v) is 17.6. The highest BCUT2D eigenvalue weighted by atomic mass is 32.2. The number of nitrogens with zero attached hydrogens (tertiary/aromatic N) is 4. The predicted molar refractivity (Wildman–Crippen MR) is 108 cm³/mol. The summed E-state index contributed by atoms with van der Waals surface area (Å²) in [6, 6.07) is 2.11. The molecule has 2 heterocycles. The molecular weight excluding hydrogens is 394 g/mol. The number of aliphatic hydroxyl groups is 1.